The number of benzene rings is 2. The topological polar surface area (TPSA) is 108 Å². The van der Waals surface area contributed by atoms with Crippen molar-refractivity contribution in [3.05, 3.63) is 77.5 Å². The lowest BCUT2D eigenvalue weighted by Gasteiger charge is -2.25. The smallest absolute Gasteiger partial charge is 0.410 e. The van der Waals surface area contributed by atoms with E-state index in [1.54, 1.807) is 11.6 Å². The van der Waals surface area contributed by atoms with Gasteiger partial charge in [0.2, 0.25) is 5.82 Å². The summed E-state index contributed by atoms with van der Waals surface area (Å²) in [4.78, 5) is 30.0. The number of nitrogens with two attached hydrogens (primary N) is 1. The largest absolute Gasteiger partial charge is 0.444 e. The maximum absolute atomic E-state index is 12.5. The molecule has 0 bridgehead atoms. The van der Waals surface area contributed by atoms with E-state index in [0.29, 0.717) is 23.6 Å². The van der Waals surface area contributed by atoms with Crippen molar-refractivity contribution in [1.29, 1.82) is 0 Å². The number of ether oxygens (including phenoxy) is 1. The first-order valence-electron chi connectivity index (χ1n) is 13.9. The number of carbonyl (C=O) groups is 2. The fraction of sp³-hybridized carbons (Fsp3) is 0.419. The predicted octanol–water partition coefficient (Wildman–Crippen LogP) is 5.04. The Hall–Kier alpha value is -4.14. The fourth-order valence-corrected chi connectivity index (χ4v) is 6.34. The van der Waals surface area contributed by atoms with Gasteiger partial charge in [-0.1, -0.05) is 24.3 Å². The summed E-state index contributed by atoms with van der Waals surface area (Å²) in [5, 5.41) is 5.33. The molecule has 1 aliphatic carbocycles. The standard InChI is InChI=1S/C31H36N6O3/c1-19-33-29(28(32)38)34-37(19)26-9-10-27-22(15-26)11-12-35(27)16-20-5-7-21(8-6-20)23-13-24-17-36(18-25(24)14-23)30(39)40-31(2,3)4/h5-12,15,23-25H,13-14,16-18H2,1-4H3,(H2,32,38)/t23?,24-,25+. The van der Waals surface area contributed by atoms with Crippen LogP contribution < -0.4 is 5.73 Å². The van der Waals surface area contributed by atoms with E-state index in [9.17, 15) is 9.59 Å². The number of hydrogen-bond acceptors (Lipinski definition) is 5. The van der Waals surface area contributed by atoms with E-state index >= 15 is 0 Å². The van der Waals surface area contributed by atoms with Gasteiger partial charge in [0.25, 0.3) is 5.91 Å². The molecule has 1 unspecified atom stereocenters. The SMILES string of the molecule is Cc1nc(C(N)=O)nn1-c1ccc2c(ccn2Cc2ccc(C3C[C@@H]4CN(C(=O)OC(C)(C)C)C[C@@H]4C3)cc2)c1. The fourth-order valence-electron chi connectivity index (χ4n) is 6.34. The van der Waals surface area contributed by atoms with Gasteiger partial charge in [-0.3, -0.25) is 4.79 Å². The van der Waals surface area contributed by atoms with Crippen molar-refractivity contribution >= 4 is 22.9 Å². The summed E-state index contributed by atoms with van der Waals surface area (Å²) < 4.78 is 9.46. The van der Waals surface area contributed by atoms with Gasteiger partial charge in [-0.15, -0.1) is 5.10 Å². The third kappa shape index (κ3) is 5.08. The van der Waals surface area contributed by atoms with Crippen molar-refractivity contribution < 1.29 is 14.3 Å². The van der Waals surface area contributed by atoms with Crippen LogP contribution in [0.5, 0.6) is 0 Å². The van der Waals surface area contributed by atoms with E-state index in [-0.39, 0.29) is 11.9 Å². The lowest BCUT2D eigenvalue weighted by Crippen LogP contribution is -2.36. The third-order valence-electron chi connectivity index (χ3n) is 8.20. The van der Waals surface area contributed by atoms with E-state index in [4.69, 9.17) is 10.5 Å². The van der Waals surface area contributed by atoms with Crippen molar-refractivity contribution in [3.63, 3.8) is 0 Å². The summed E-state index contributed by atoms with van der Waals surface area (Å²) in [6.45, 7) is 9.94. The minimum Gasteiger partial charge on any atom is -0.444 e. The summed E-state index contributed by atoms with van der Waals surface area (Å²) >= 11 is 0. The second-order valence-electron chi connectivity index (χ2n) is 12.3. The molecule has 1 saturated carbocycles. The molecule has 2 amide bonds. The lowest BCUT2D eigenvalue weighted by molar-refractivity contribution is 0.0279. The highest BCUT2D eigenvalue weighted by Crippen LogP contribution is 2.46. The molecule has 0 spiro atoms. The maximum Gasteiger partial charge on any atom is 0.410 e. The maximum atomic E-state index is 12.5. The summed E-state index contributed by atoms with van der Waals surface area (Å²) in [5.74, 6) is 1.64. The Balaban J connectivity index is 1.10. The summed E-state index contributed by atoms with van der Waals surface area (Å²) in [5.41, 5.74) is 9.49. The van der Waals surface area contributed by atoms with Gasteiger partial charge < -0.3 is 19.9 Å². The molecule has 9 nitrogen and oxygen atoms in total. The molecule has 2 aliphatic rings. The molecule has 3 atom stereocenters. The van der Waals surface area contributed by atoms with Crippen molar-refractivity contribution in [2.45, 2.75) is 58.6 Å². The Bertz CT molecular complexity index is 1560. The number of likely N-dealkylation sites (tertiary alicyclic amines) is 1. The summed E-state index contributed by atoms with van der Waals surface area (Å²) in [7, 11) is 0. The molecule has 6 rings (SSSR count). The van der Waals surface area contributed by atoms with Crippen molar-refractivity contribution in [1.82, 2.24) is 24.2 Å². The molecule has 2 aromatic heterocycles. The van der Waals surface area contributed by atoms with Gasteiger partial charge in [-0.05, 0) is 93.7 Å². The molecule has 40 heavy (non-hydrogen) atoms. The lowest BCUT2D eigenvalue weighted by atomic mass is 9.95. The molecule has 0 radical (unpaired) electrons. The molecule has 208 valence electrons. The monoisotopic (exact) mass is 540 g/mol. The zero-order valence-corrected chi connectivity index (χ0v) is 23.5. The minimum atomic E-state index is -0.638. The Morgan fingerprint density at radius 1 is 1.02 bits per heavy atom. The van der Waals surface area contributed by atoms with Gasteiger partial charge in [-0.2, -0.15) is 0 Å². The van der Waals surface area contributed by atoms with Gasteiger partial charge in [-0.25, -0.2) is 14.5 Å². The zero-order chi connectivity index (χ0) is 28.2. The van der Waals surface area contributed by atoms with Crippen LogP contribution >= 0.6 is 0 Å². The number of carbonyl (C=O) groups excluding carboxylic acids is 2. The van der Waals surface area contributed by atoms with E-state index < -0.39 is 11.5 Å². The summed E-state index contributed by atoms with van der Waals surface area (Å²) in [6, 6.07) is 17.2. The number of primary amides is 1. The van der Waals surface area contributed by atoms with Crippen LogP contribution in [-0.2, 0) is 11.3 Å². The molecule has 3 heterocycles. The van der Waals surface area contributed by atoms with Crippen LogP contribution in [0.25, 0.3) is 16.6 Å². The second kappa shape index (κ2) is 9.80. The average Bonchev–Trinajstić information content (AvgIpc) is 3.66. The van der Waals surface area contributed by atoms with Crippen LogP contribution in [0, 0.1) is 18.8 Å². The van der Waals surface area contributed by atoms with E-state index in [1.807, 2.05) is 37.8 Å². The molecule has 2 N–H and O–H groups in total. The minimum absolute atomic E-state index is 0.0159. The van der Waals surface area contributed by atoms with Gasteiger partial charge >= 0.3 is 6.09 Å². The quantitative estimate of drug-likeness (QED) is 0.382. The molecule has 2 fully saturated rings. The van der Waals surface area contributed by atoms with E-state index in [1.165, 1.54) is 11.1 Å². The molecular formula is C31H36N6O3. The van der Waals surface area contributed by atoms with Gasteiger partial charge in [0, 0.05) is 36.7 Å². The highest BCUT2D eigenvalue weighted by Gasteiger charge is 2.43. The Labute approximate surface area is 233 Å². The molecular weight excluding hydrogens is 504 g/mol. The number of nitrogens with zero attached hydrogens (tertiary/aromatic N) is 5. The highest BCUT2D eigenvalue weighted by atomic mass is 16.6. The molecule has 4 aromatic rings. The first-order chi connectivity index (χ1) is 19.0. The predicted molar refractivity (Wildman–Crippen MR) is 152 cm³/mol. The molecule has 2 aromatic carbocycles. The van der Waals surface area contributed by atoms with Crippen molar-refractivity contribution in [3.8, 4) is 5.69 Å². The highest BCUT2D eigenvalue weighted by molar-refractivity contribution is 5.88. The second-order valence-corrected chi connectivity index (χ2v) is 12.3. The summed E-state index contributed by atoms with van der Waals surface area (Å²) in [6.07, 6.45) is 4.17. The third-order valence-corrected chi connectivity index (χ3v) is 8.20. The number of aromatic nitrogens is 4. The van der Waals surface area contributed by atoms with Gasteiger partial charge in [0.05, 0.1) is 5.69 Å². The first-order valence-corrected chi connectivity index (χ1v) is 13.9. The average molecular weight is 541 g/mol. The molecule has 9 heteroatoms. The van der Waals surface area contributed by atoms with Crippen LogP contribution in [-0.4, -0.2) is 54.9 Å². The van der Waals surface area contributed by atoms with E-state index in [2.05, 4.69) is 57.2 Å². The van der Waals surface area contributed by atoms with Crippen LogP contribution in [0.2, 0.25) is 0 Å². The van der Waals surface area contributed by atoms with Crippen molar-refractivity contribution in [2.24, 2.45) is 17.6 Å². The van der Waals surface area contributed by atoms with Crippen LogP contribution in [0.4, 0.5) is 4.79 Å². The molecule has 1 aliphatic heterocycles. The van der Waals surface area contributed by atoms with Crippen LogP contribution in [0.3, 0.4) is 0 Å². The number of amides is 2. The Kier molecular flexibility index (Phi) is 6.40. The number of rotatable bonds is 5. The zero-order valence-electron chi connectivity index (χ0n) is 23.5. The normalized spacial score (nSPS) is 20.7. The number of aryl methyl sites for hydroxylation is 1. The number of fused-ring (bicyclic) bond motifs is 2. The van der Waals surface area contributed by atoms with Gasteiger partial charge in [0.1, 0.15) is 11.4 Å². The van der Waals surface area contributed by atoms with E-state index in [0.717, 1.165) is 49.1 Å². The number of hydrogen-bond donors (Lipinski definition) is 1. The molecule has 1 saturated heterocycles. The first kappa shape index (κ1) is 26.1. The van der Waals surface area contributed by atoms with Gasteiger partial charge in [0.15, 0.2) is 0 Å². The Morgan fingerprint density at radius 3 is 2.35 bits per heavy atom. The van der Waals surface area contributed by atoms with Crippen LogP contribution in [0.1, 0.15) is 67.1 Å². The Morgan fingerprint density at radius 2 is 1.73 bits per heavy atom. The van der Waals surface area contributed by atoms with Crippen molar-refractivity contribution in [2.75, 3.05) is 13.1 Å². The van der Waals surface area contributed by atoms with Crippen LogP contribution in [0.15, 0.2) is 54.7 Å².